The Kier molecular flexibility index (Phi) is 7.24. The second-order valence-electron chi connectivity index (χ2n) is 12.0. The van der Waals surface area contributed by atoms with Crippen molar-refractivity contribution >= 4 is 38.3 Å². The molecule has 1 heterocycles. The first-order valence-electron chi connectivity index (χ1n) is 16.1. The lowest BCUT2D eigenvalue weighted by molar-refractivity contribution is 1.19. The van der Waals surface area contributed by atoms with Crippen LogP contribution in [0.3, 0.4) is 0 Å². The Morgan fingerprint density at radius 3 is 1.87 bits per heavy atom. The van der Waals surface area contributed by atoms with Crippen LogP contribution in [0.1, 0.15) is 12.5 Å². The highest BCUT2D eigenvalue weighted by molar-refractivity contribution is 6.19. The van der Waals surface area contributed by atoms with Crippen molar-refractivity contribution in [2.45, 2.75) is 6.92 Å². The zero-order valence-corrected chi connectivity index (χ0v) is 26.3. The van der Waals surface area contributed by atoms with Crippen LogP contribution in [0.4, 0.5) is 0 Å². The maximum atomic E-state index is 6.38. The molecular formula is C45H34N2. The molecule has 2 nitrogen and oxygen atoms in total. The van der Waals surface area contributed by atoms with Crippen molar-refractivity contribution in [1.82, 2.24) is 4.57 Å². The van der Waals surface area contributed by atoms with Crippen molar-refractivity contribution in [3.05, 3.63) is 182 Å². The van der Waals surface area contributed by atoms with Crippen LogP contribution in [-0.4, -0.2) is 4.57 Å². The fraction of sp³-hybridized carbons (Fsp3) is 0.0222. The average Bonchev–Trinajstić information content (AvgIpc) is 3.48. The normalized spacial score (nSPS) is 12.1. The highest BCUT2D eigenvalue weighted by Crippen LogP contribution is 2.40. The first-order valence-corrected chi connectivity index (χ1v) is 16.1. The van der Waals surface area contributed by atoms with Crippen LogP contribution in [0.15, 0.2) is 176 Å². The molecule has 7 aromatic carbocycles. The molecule has 0 radical (unpaired) electrons. The lowest BCUT2D eigenvalue weighted by Crippen LogP contribution is -1.96. The van der Waals surface area contributed by atoms with Gasteiger partial charge in [-0.05, 0) is 93.7 Å². The number of hydrogen-bond donors (Lipinski definition) is 1. The van der Waals surface area contributed by atoms with Gasteiger partial charge in [-0.2, -0.15) is 0 Å². The van der Waals surface area contributed by atoms with Gasteiger partial charge in [-0.15, -0.1) is 0 Å². The van der Waals surface area contributed by atoms with Crippen LogP contribution >= 0.6 is 0 Å². The lowest BCUT2D eigenvalue weighted by Gasteiger charge is -2.12. The molecule has 224 valence electrons. The molecule has 0 aliphatic rings. The van der Waals surface area contributed by atoms with Gasteiger partial charge in [-0.1, -0.05) is 133 Å². The molecule has 8 rings (SSSR count). The summed E-state index contributed by atoms with van der Waals surface area (Å²) in [6.45, 7) is 1.99. The average molecular weight is 603 g/mol. The highest BCUT2D eigenvalue weighted by atomic mass is 15.0. The van der Waals surface area contributed by atoms with E-state index >= 15 is 0 Å². The molecule has 0 fully saturated rings. The van der Waals surface area contributed by atoms with Crippen LogP contribution in [0.2, 0.25) is 0 Å². The predicted octanol–water partition coefficient (Wildman–Crippen LogP) is 11.8. The molecule has 8 aromatic rings. The van der Waals surface area contributed by atoms with Gasteiger partial charge < -0.3 is 10.3 Å². The molecule has 1 aromatic heterocycles. The van der Waals surface area contributed by atoms with Gasteiger partial charge in [-0.25, -0.2) is 0 Å². The van der Waals surface area contributed by atoms with E-state index in [2.05, 4.69) is 162 Å². The number of aromatic nitrogens is 1. The summed E-state index contributed by atoms with van der Waals surface area (Å²) in [5, 5.41) is 4.92. The third-order valence-corrected chi connectivity index (χ3v) is 9.06. The van der Waals surface area contributed by atoms with E-state index in [0.717, 1.165) is 22.5 Å². The summed E-state index contributed by atoms with van der Waals surface area (Å²) in [5.41, 5.74) is 18.9. The minimum atomic E-state index is 0.756. The number of rotatable bonds is 6. The number of allylic oxidation sites excluding steroid dienone is 3. The van der Waals surface area contributed by atoms with Gasteiger partial charge in [-0.3, -0.25) is 0 Å². The van der Waals surface area contributed by atoms with Crippen LogP contribution in [0.25, 0.3) is 77.3 Å². The van der Waals surface area contributed by atoms with E-state index in [0.29, 0.717) is 0 Å². The first-order chi connectivity index (χ1) is 23.2. The van der Waals surface area contributed by atoms with E-state index in [1.807, 2.05) is 25.2 Å². The molecule has 0 saturated heterocycles. The van der Waals surface area contributed by atoms with Crippen LogP contribution in [0.5, 0.6) is 0 Å². The fourth-order valence-corrected chi connectivity index (χ4v) is 6.72. The molecule has 2 N–H and O–H groups in total. The Bertz CT molecular complexity index is 2460. The van der Waals surface area contributed by atoms with Crippen molar-refractivity contribution in [2.75, 3.05) is 0 Å². The number of nitrogens with zero attached hydrogens (tertiary/aromatic N) is 1. The van der Waals surface area contributed by atoms with Crippen molar-refractivity contribution in [3.63, 3.8) is 0 Å². The van der Waals surface area contributed by atoms with E-state index < -0.39 is 0 Å². The molecular weight excluding hydrogens is 569 g/mol. The summed E-state index contributed by atoms with van der Waals surface area (Å²) in [4.78, 5) is 0. The van der Waals surface area contributed by atoms with Crippen molar-refractivity contribution in [3.8, 4) is 39.1 Å². The highest BCUT2D eigenvalue weighted by Gasteiger charge is 2.17. The molecule has 0 amide bonds. The molecule has 0 spiro atoms. The smallest absolute Gasteiger partial charge is 0.0619 e. The molecule has 0 atom stereocenters. The lowest BCUT2D eigenvalue weighted by atomic mass is 9.97. The van der Waals surface area contributed by atoms with Crippen molar-refractivity contribution < 1.29 is 0 Å². The molecule has 0 saturated carbocycles. The Labute approximate surface area is 275 Å². The minimum Gasteiger partial charge on any atom is -0.398 e. The van der Waals surface area contributed by atoms with E-state index in [4.69, 9.17) is 5.73 Å². The van der Waals surface area contributed by atoms with Gasteiger partial charge in [0.05, 0.1) is 11.0 Å². The molecule has 0 bridgehead atoms. The molecule has 0 aliphatic carbocycles. The van der Waals surface area contributed by atoms with Crippen LogP contribution in [-0.2, 0) is 0 Å². The Morgan fingerprint density at radius 2 is 1.11 bits per heavy atom. The van der Waals surface area contributed by atoms with E-state index in [-0.39, 0.29) is 0 Å². The predicted molar refractivity (Wildman–Crippen MR) is 202 cm³/mol. The van der Waals surface area contributed by atoms with Gasteiger partial charge in [0, 0.05) is 27.5 Å². The quantitative estimate of drug-likeness (QED) is 0.189. The first kappa shape index (κ1) is 28.4. The zero-order chi connectivity index (χ0) is 31.7. The standard InChI is InChI=1S/C45H34N2/c1-2-3-20-43(46)38-17-11-16-34(29-38)35-21-24-40-37(28-35)23-26-42-41-25-22-36(30-44(41)47(45(40)42)39-18-8-5-9-19-39)33-15-10-14-32(27-33)31-12-6-4-7-13-31/h2-30H,46H2,1H3/b3-2-,43-20-. The monoisotopic (exact) mass is 602 g/mol. The molecule has 47 heavy (non-hydrogen) atoms. The van der Waals surface area contributed by atoms with E-state index in [1.54, 1.807) is 0 Å². The summed E-state index contributed by atoms with van der Waals surface area (Å²) in [7, 11) is 0. The van der Waals surface area contributed by atoms with Gasteiger partial charge in [0.1, 0.15) is 0 Å². The van der Waals surface area contributed by atoms with Gasteiger partial charge in [0.25, 0.3) is 0 Å². The summed E-state index contributed by atoms with van der Waals surface area (Å²) < 4.78 is 2.44. The third kappa shape index (κ3) is 5.20. The summed E-state index contributed by atoms with van der Waals surface area (Å²) in [6.07, 6.45) is 5.91. The maximum absolute atomic E-state index is 6.38. The zero-order valence-electron chi connectivity index (χ0n) is 26.3. The van der Waals surface area contributed by atoms with Crippen LogP contribution in [0, 0.1) is 0 Å². The topological polar surface area (TPSA) is 30.9 Å². The van der Waals surface area contributed by atoms with Gasteiger partial charge >= 0.3 is 0 Å². The number of fused-ring (bicyclic) bond motifs is 5. The summed E-state index contributed by atoms with van der Waals surface area (Å²) in [5.74, 6) is 0. The number of hydrogen-bond acceptors (Lipinski definition) is 1. The number of nitrogens with two attached hydrogens (primary N) is 1. The Balaban J connectivity index is 1.31. The summed E-state index contributed by atoms with van der Waals surface area (Å²) >= 11 is 0. The Morgan fingerprint density at radius 1 is 0.511 bits per heavy atom. The second-order valence-corrected chi connectivity index (χ2v) is 12.0. The van der Waals surface area contributed by atoms with Gasteiger partial charge in [0.15, 0.2) is 0 Å². The van der Waals surface area contributed by atoms with Crippen LogP contribution < -0.4 is 5.73 Å². The SMILES string of the molecule is C/C=C\C=C(/N)c1cccc(-c2ccc3c(ccc4c5ccc(-c6cccc(-c7ccccc7)c6)cc5n(-c5ccccc5)c34)c2)c1. The Hall–Kier alpha value is -6.12. The van der Waals surface area contributed by atoms with Crippen molar-refractivity contribution in [1.29, 1.82) is 0 Å². The fourth-order valence-electron chi connectivity index (χ4n) is 6.72. The molecule has 2 heteroatoms. The molecule has 0 aliphatic heterocycles. The largest absolute Gasteiger partial charge is 0.398 e. The van der Waals surface area contributed by atoms with Crippen molar-refractivity contribution in [2.24, 2.45) is 5.73 Å². The molecule has 0 unspecified atom stereocenters. The van der Waals surface area contributed by atoms with E-state index in [9.17, 15) is 0 Å². The minimum absolute atomic E-state index is 0.756. The summed E-state index contributed by atoms with van der Waals surface area (Å²) in [6, 6.07) is 56.9. The number of para-hydroxylation sites is 1. The van der Waals surface area contributed by atoms with E-state index in [1.165, 1.54) is 60.4 Å². The second kappa shape index (κ2) is 12.0. The van der Waals surface area contributed by atoms with Gasteiger partial charge in [0.2, 0.25) is 0 Å². The number of benzene rings is 7. The maximum Gasteiger partial charge on any atom is 0.0619 e. The third-order valence-electron chi connectivity index (χ3n) is 9.06.